The highest BCUT2D eigenvalue weighted by Crippen LogP contribution is 2.35. The highest BCUT2D eigenvalue weighted by atomic mass is 35.5. The summed E-state index contributed by atoms with van der Waals surface area (Å²) in [6.07, 6.45) is 1.56. The van der Waals surface area contributed by atoms with Gasteiger partial charge in [0.25, 0.3) is 0 Å². The minimum Gasteiger partial charge on any atom is -0.493 e. The minimum atomic E-state index is 0.248. The molecule has 0 aromatic heterocycles. The molecule has 0 spiro atoms. The molecule has 1 aliphatic rings. The van der Waals surface area contributed by atoms with E-state index in [0.29, 0.717) is 28.9 Å². The van der Waals surface area contributed by atoms with Crippen LogP contribution < -0.4 is 18.9 Å². The van der Waals surface area contributed by atoms with E-state index in [1.165, 1.54) is 7.11 Å². The first-order chi connectivity index (χ1) is 11.7. The highest BCUT2D eigenvalue weighted by Gasteiger charge is 2.13. The monoisotopic (exact) mass is 349 g/mol. The molecule has 0 saturated carbocycles. The van der Waals surface area contributed by atoms with Gasteiger partial charge in [-0.2, -0.15) is 0 Å². The van der Waals surface area contributed by atoms with Gasteiger partial charge in [-0.1, -0.05) is 22.8 Å². The Bertz CT molecular complexity index is 763. The second kappa shape index (κ2) is 7.31. The Morgan fingerprint density at radius 2 is 1.96 bits per heavy atom. The molecule has 7 heteroatoms. The van der Waals surface area contributed by atoms with E-state index in [4.69, 9.17) is 35.4 Å². The summed E-state index contributed by atoms with van der Waals surface area (Å²) in [7, 11) is 3.08. The molecule has 0 saturated heterocycles. The first-order valence-corrected chi connectivity index (χ1v) is 7.54. The highest BCUT2D eigenvalue weighted by molar-refractivity contribution is 6.32. The number of hydrogen-bond donors (Lipinski definition) is 0. The van der Waals surface area contributed by atoms with E-state index in [-0.39, 0.29) is 6.79 Å². The Morgan fingerprint density at radius 3 is 2.75 bits per heavy atom. The molecule has 24 heavy (non-hydrogen) atoms. The number of rotatable bonds is 6. The Kier molecular flexibility index (Phi) is 4.96. The lowest BCUT2D eigenvalue weighted by molar-refractivity contribution is 0.132. The normalized spacial score (nSPS) is 12.5. The molecule has 0 fully saturated rings. The molecule has 0 unspecified atom stereocenters. The third-order valence-corrected chi connectivity index (χ3v) is 3.68. The van der Waals surface area contributed by atoms with Crippen molar-refractivity contribution in [3.63, 3.8) is 0 Å². The zero-order valence-corrected chi connectivity index (χ0v) is 14.0. The van der Waals surface area contributed by atoms with E-state index < -0.39 is 0 Å². The standard InChI is InChI=1S/C17H16ClNO5/c1-20-16-7-12(5-13(18)17(16)21-2)8-19-24-9-11-3-4-14-15(6-11)23-10-22-14/h3-8H,9-10H2,1-2H3/b19-8-. The van der Waals surface area contributed by atoms with Gasteiger partial charge in [0.15, 0.2) is 23.0 Å². The topological polar surface area (TPSA) is 58.5 Å². The number of benzene rings is 2. The van der Waals surface area contributed by atoms with Gasteiger partial charge in [0.2, 0.25) is 6.79 Å². The lowest BCUT2D eigenvalue weighted by Crippen LogP contribution is -1.94. The number of halogens is 1. The summed E-state index contributed by atoms with van der Waals surface area (Å²) in [5.41, 5.74) is 1.67. The molecule has 2 aromatic rings. The molecule has 0 radical (unpaired) electrons. The number of ether oxygens (including phenoxy) is 4. The molecule has 126 valence electrons. The number of methoxy groups -OCH3 is 2. The Balaban J connectivity index is 1.63. The zero-order valence-electron chi connectivity index (χ0n) is 13.2. The maximum Gasteiger partial charge on any atom is 0.231 e. The van der Waals surface area contributed by atoms with E-state index in [1.54, 1.807) is 25.5 Å². The predicted octanol–water partition coefficient (Wildman–Crippen LogP) is 3.64. The van der Waals surface area contributed by atoms with Crippen LogP contribution in [-0.2, 0) is 11.4 Å². The van der Waals surface area contributed by atoms with Gasteiger partial charge in [-0.25, -0.2) is 0 Å². The first kappa shape index (κ1) is 16.3. The number of nitrogens with zero attached hydrogens (tertiary/aromatic N) is 1. The van der Waals surface area contributed by atoms with Crippen molar-refractivity contribution >= 4 is 17.8 Å². The Morgan fingerprint density at radius 1 is 1.12 bits per heavy atom. The second-order valence-electron chi connectivity index (χ2n) is 4.93. The summed E-state index contributed by atoms with van der Waals surface area (Å²) < 4.78 is 21.0. The summed E-state index contributed by atoms with van der Waals surface area (Å²) in [4.78, 5) is 5.31. The first-order valence-electron chi connectivity index (χ1n) is 7.16. The van der Waals surface area contributed by atoms with Crippen LogP contribution in [0.4, 0.5) is 0 Å². The maximum absolute atomic E-state index is 6.14. The van der Waals surface area contributed by atoms with Crippen LogP contribution >= 0.6 is 11.6 Å². The lowest BCUT2D eigenvalue weighted by Gasteiger charge is -2.09. The Hall–Kier alpha value is -2.60. The quantitative estimate of drug-likeness (QED) is 0.588. The van der Waals surface area contributed by atoms with Crippen molar-refractivity contribution in [2.24, 2.45) is 5.16 Å². The van der Waals surface area contributed by atoms with Gasteiger partial charge in [0.05, 0.1) is 25.5 Å². The lowest BCUT2D eigenvalue weighted by atomic mass is 10.2. The largest absolute Gasteiger partial charge is 0.493 e. The van der Waals surface area contributed by atoms with Gasteiger partial charge < -0.3 is 23.8 Å². The van der Waals surface area contributed by atoms with Crippen molar-refractivity contribution in [1.82, 2.24) is 0 Å². The van der Waals surface area contributed by atoms with Crippen LogP contribution in [0, 0.1) is 0 Å². The summed E-state index contributed by atoms with van der Waals surface area (Å²) in [5.74, 6) is 2.47. The molecule has 0 aliphatic carbocycles. The smallest absolute Gasteiger partial charge is 0.231 e. The SMILES string of the molecule is COc1cc(/C=N\OCc2ccc3c(c2)OCO3)cc(Cl)c1OC. The molecule has 0 N–H and O–H groups in total. The number of fused-ring (bicyclic) bond motifs is 1. The summed E-state index contributed by atoms with van der Waals surface area (Å²) in [5, 5.41) is 4.39. The average Bonchev–Trinajstić information content (AvgIpc) is 3.06. The number of oxime groups is 1. The third-order valence-electron chi connectivity index (χ3n) is 3.40. The zero-order chi connectivity index (χ0) is 16.9. The summed E-state index contributed by atoms with van der Waals surface area (Å²) in [6.45, 7) is 0.562. The third kappa shape index (κ3) is 3.49. The predicted molar refractivity (Wildman–Crippen MR) is 89.5 cm³/mol. The van der Waals surface area contributed by atoms with Crippen molar-refractivity contribution in [3.8, 4) is 23.0 Å². The van der Waals surface area contributed by atoms with E-state index in [9.17, 15) is 0 Å². The van der Waals surface area contributed by atoms with Gasteiger partial charge in [-0.3, -0.25) is 0 Å². The van der Waals surface area contributed by atoms with Crippen LogP contribution in [0.3, 0.4) is 0 Å². The fraction of sp³-hybridized carbons (Fsp3) is 0.235. The molecule has 1 heterocycles. The van der Waals surface area contributed by atoms with E-state index in [0.717, 1.165) is 16.9 Å². The van der Waals surface area contributed by atoms with Crippen LogP contribution in [0.2, 0.25) is 5.02 Å². The summed E-state index contributed by atoms with van der Waals surface area (Å²) >= 11 is 6.14. The van der Waals surface area contributed by atoms with E-state index >= 15 is 0 Å². The molecule has 0 bridgehead atoms. The molecular formula is C17H16ClNO5. The molecule has 3 rings (SSSR count). The Labute approximate surface area is 144 Å². The van der Waals surface area contributed by atoms with Gasteiger partial charge in [0, 0.05) is 5.56 Å². The minimum absolute atomic E-state index is 0.248. The van der Waals surface area contributed by atoms with Crippen molar-refractivity contribution in [1.29, 1.82) is 0 Å². The van der Waals surface area contributed by atoms with Crippen molar-refractivity contribution in [2.75, 3.05) is 21.0 Å². The molecular weight excluding hydrogens is 334 g/mol. The van der Waals surface area contributed by atoms with Crippen molar-refractivity contribution in [3.05, 3.63) is 46.5 Å². The molecule has 6 nitrogen and oxygen atoms in total. The average molecular weight is 350 g/mol. The van der Waals surface area contributed by atoms with Gasteiger partial charge in [-0.15, -0.1) is 0 Å². The van der Waals surface area contributed by atoms with Gasteiger partial charge >= 0.3 is 0 Å². The van der Waals surface area contributed by atoms with Crippen LogP contribution in [0.15, 0.2) is 35.5 Å². The van der Waals surface area contributed by atoms with Crippen LogP contribution in [-0.4, -0.2) is 27.2 Å². The van der Waals surface area contributed by atoms with Crippen LogP contribution in [0.5, 0.6) is 23.0 Å². The van der Waals surface area contributed by atoms with Gasteiger partial charge in [0.1, 0.15) is 6.61 Å². The van der Waals surface area contributed by atoms with Crippen LogP contribution in [0.1, 0.15) is 11.1 Å². The molecule has 1 aliphatic heterocycles. The van der Waals surface area contributed by atoms with Crippen molar-refractivity contribution < 1.29 is 23.8 Å². The van der Waals surface area contributed by atoms with Gasteiger partial charge in [-0.05, 0) is 29.8 Å². The van der Waals surface area contributed by atoms with E-state index in [1.807, 2.05) is 18.2 Å². The second-order valence-corrected chi connectivity index (χ2v) is 5.34. The maximum atomic E-state index is 6.14. The molecule has 2 aromatic carbocycles. The molecule has 0 atom stereocenters. The fourth-order valence-corrected chi connectivity index (χ4v) is 2.55. The van der Waals surface area contributed by atoms with Crippen LogP contribution in [0.25, 0.3) is 0 Å². The fourth-order valence-electron chi connectivity index (χ4n) is 2.25. The number of hydrogen-bond acceptors (Lipinski definition) is 6. The van der Waals surface area contributed by atoms with E-state index in [2.05, 4.69) is 5.16 Å². The van der Waals surface area contributed by atoms with Crippen molar-refractivity contribution in [2.45, 2.75) is 6.61 Å². The molecule has 0 amide bonds. The summed E-state index contributed by atoms with van der Waals surface area (Å²) in [6, 6.07) is 9.09.